The van der Waals surface area contributed by atoms with Crippen LogP contribution in [0.1, 0.15) is 18.4 Å². The number of hydrogen-bond donors (Lipinski definition) is 0. The summed E-state index contributed by atoms with van der Waals surface area (Å²) in [7, 11) is 1.34. The van der Waals surface area contributed by atoms with Gasteiger partial charge in [-0.2, -0.15) is 0 Å². The summed E-state index contributed by atoms with van der Waals surface area (Å²) in [5, 5.41) is 0. The maximum Gasteiger partial charge on any atom is 0.329 e. The van der Waals surface area contributed by atoms with Gasteiger partial charge in [0.2, 0.25) is 11.8 Å². The highest BCUT2D eigenvalue weighted by atomic mass is 32.2. The van der Waals surface area contributed by atoms with Gasteiger partial charge in [-0.3, -0.25) is 9.59 Å². The number of methoxy groups -OCH3 is 1. The van der Waals surface area contributed by atoms with Crippen LogP contribution >= 0.6 is 23.5 Å². The van der Waals surface area contributed by atoms with E-state index in [1.54, 1.807) is 21.6 Å². The van der Waals surface area contributed by atoms with Crippen molar-refractivity contribution < 1.29 is 19.1 Å². The molecule has 27 heavy (non-hydrogen) atoms. The molecule has 1 aromatic rings. The Labute approximate surface area is 168 Å². The molecule has 8 heteroatoms. The van der Waals surface area contributed by atoms with Crippen LogP contribution in [-0.4, -0.2) is 70.0 Å². The predicted octanol–water partition coefficient (Wildman–Crippen LogP) is 1.99. The zero-order valence-corrected chi connectivity index (χ0v) is 17.0. The van der Waals surface area contributed by atoms with Gasteiger partial charge >= 0.3 is 5.97 Å². The van der Waals surface area contributed by atoms with Crippen LogP contribution in [-0.2, 0) is 25.5 Å². The van der Waals surface area contributed by atoms with E-state index in [9.17, 15) is 14.4 Å². The fourth-order valence-electron chi connectivity index (χ4n) is 3.31. The molecule has 2 saturated heterocycles. The van der Waals surface area contributed by atoms with Gasteiger partial charge in [-0.15, -0.1) is 23.5 Å². The van der Waals surface area contributed by atoms with Gasteiger partial charge in [-0.1, -0.05) is 30.3 Å². The summed E-state index contributed by atoms with van der Waals surface area (Å²) in [5.74, 6) is 1.61. The second kappa shape index (κ2) is 9.50. The van der Waals surface area contributed by atoms with Crippen molar-refractivity contribution in [1.82, 2.24) is 9.80 Å². The maximum absolute atomic E-state index is 13.0. The Bertz CT molecular complexity index is 686. The van der Waals surface area contributed by atoms with E-state index in [2.05, 4.69) is 12.1 Å². The van der Waals surface area contributed by atoms with E-state index in [1.807, 2.05) is 18.2 Å². The number of carbonyl (C=O) groups excluding carboxylic acids is 3. The lowest BCUT2D eigenvalue weighted by molar-refractivity contribution is -0.153. The van der Waals surface area contributed by atoms with Gasteiger partial charge in [-0.05, 0) is 18.4 Å². The molecule has 1 aromatic carbocycles. The van der Waals surface area contributed by atoms with E-state index in [1.165, 1.54) is 24.4 Å². The summed E-state index contributed by atoms with van der Waals surface area (Å²) in [6.45, 7) is 0. The van der Waals surface area contributed by atoms with E-state index in [0.717, 1.165) is 12.8 Å². The van der Waals surface area contributed by atoms with Gasteiger partial charge in [-0.25, -0.2) is 4.79 Å². The fraction of sp³-hybridized carbons (Fsp3) is 0.526. The molecule has 0 aliphatic carbocycles. The standard InChI is InChI=1S/C19H24N2O4S2/c1-25-19(24)16-11-27-13-21(16)18(23)15-10-26-12-20(15)17(22)9-5-8-14-6-3-2-4-7-14/h2-4,6-7,15-16H,5,8-13H2,1H3. The Hall–Kier alpha value is -1.67. The highest BCUT2D eigenvalue weighted by Gasteiger charge is 2.42. The first-order valence-electron chi connectivity index (χ1n) is 8.99. The minimum Gasteiger partial charge on any atom is -0.467 e. The smallest absolute Gasteiger partial charge is 0.329 e. The minimum absolute atomic E-state index is 0.00995. The SMILES string of the molecule is COC(=O)C1CSCN1C(=O)C1CSCN1C(=O)CCCc1ccccc1. The van der Waals surface area contributed by atoms with Crippen LogP contribution in [0.3, 0.4) is 0 Å². The zero-order valence-electron chi connectivity index (χ0n) is 15.3. The molecule has 2 amide bonds. The van der Waals surface area contributed by atoms with Gasteiger partial charge < -0.3 is 14.5 Å². The Morgan fingerprint density at radius 1 is 1.04 bits per heavy atom. The Morgan fingerprint density at radius 2 is 1.70 bits per heavy atom. The summed E-state index contributed by atoms with van der Waals surface area (Å²) >= 11 is 3.12. The van der Waals surface area contributed by atoms with Crippen LogP contribution in [0.2, 0.25) is 0 Å². The summed E-state index contributed by atoms with van der Waals surface area (Å²) in [5.41, 5.74) is 1.21. The van der Waals surface area contributed by atoms with Crippen molar-refractivity contribution >= 4 is 41.3 Å². The molecule has 0 aromatic heterocycles. The van der Waals surface area contributed by atoms with Crippen molar-refractivity contribution in [2.75, 3.05) is 30.4 Å². The van der Waals surface area contributed by atoms with Crippen molar-refractivity contribution in [2.24, 2.45) is 0 Å². The minimum atomic E-state index is -0.548. The lowest BCUT2D eigenvalue weighted by Crippen LogP contribution is -2.52. The van der Waals surface area contributed by atoms with Crippen LogP contribution in [0.5, 0.6) is 0 Å². The van der Waals surface area contributed by atoms with Crippen LogP contribution in [0, 0.1) is 0 Å². The molecule has 2 unspecified atom stereocenters. The number of hydrogen-bond acceptors (Lipinski definition) is 6. The van der Waals surface area contributed by atoms with E-state index in [0.29, 0.717) is 29.7 Å². The topological polar surface area (TPSA) is 66.9 Å². The van der Waals surface area contributed by atoms with Gasteiger partial charge in [0.1, 0.15) is 12.1 Å². The number of thioether (sulfide) groups is 2. The quantitative estimate of drug-likeness (QED) is 0.671. The molecule has 0 bridgehead atoms. The monoisotopic (exact) mass is 408 g/mol. The highest BCUT2D eigenvalue weighted by molar-refractivity contribution is 7.99. The number of aryl methyl sites for hydroxylation is 1. The molecule has 2 heterocycles. The lowest BCUT2D eigenvalue weighted by Gasteiger charge is -2.29. The maximum atomic E-state index is 13.0. The summed E-state index contributed by atoms with van der Waals surface area (Å²) in [4.78, 5) is 40.8. The molecule has 2 atom stereocenters. The molecule has 0 saturated carbocycles. The van der Waals surface area contributed by atoms with Gasteiger partial charge in [0.15, 0.2) is 0 Å². The molecule has 0 radical (unpaired) electrons. The van der Waals surface area contributed by atoms with E-state index in [-0.39, 0.29) is 17.8 Å². The van der Waals surface area contributed by atoms with Crippen molar-refractivity contribution in [3.8, 4) is 0 Å². The third kappa shape index (κ3) is 4.79. The number of ether oxygens (including phenoxy) is 1. The van der Waals surface area contributed by atoms with E-state index in [4.69, 9.17) is 4.74 Å². The second-order valence-corrected chi connectivity index (χ2v) is 8.56. The van der Waals surface area contributed by atoms with E-state index >= 15 is 0 Å². The average Bonchev–Trinajstić information content (AvgIpc) is 3.37. The highest BCUT2D eigenvalue weighted by Crippen LogP contribution is 2.28. The Kier molecular flexibility index (Phi) is 7.07. The second-order valence-electron chi connectivity index (χ2n) is 6.57. The van der Waals surface area contributed by atoms with Gasteiger partial charge in [0.05, 0.1) is 18.9 Å². The van der Waals surface area contributed by atoms with Crippen LogP contribution in [0.15, 0.2) is 30.3 Å². The predicted molar refractivity (Wildman–Crippen MR) is 107 cm³/mol. The number of nitrogens with zero attached hydrogens (tertiary/aromatic N) is 2. The van der Waals surface area contributed by atoms with Gasteiger partial charge in [0, 0.05) is 17.9 Å². The third-order valence-corrected chi connectivity index (χ3v) is 6.85. The number of benzene rings is 1. The van der Waals surface area contributed by atoms with E-state index < -0.39 is 12.1 Å². The van der Waals surface area contributed by atoms with Crippen molar-refractivity contribution in [3.63, 3.8) is 0 Å². The summed E-state index contributed by atoms with van der Waals surface area (Å²) < 4.78 is 4.81. The first-order chi connectivity index (χ1) is 13.1. The van der Waals surface area contributed by atoms with Crippen LogP contribution in [0.4, 0.5) is 0 Å². The Morgan fingerprint density at radius 3 is 2.41 bits per heavy atom. The zero-order chi connectivity index (χ0) is 19.2. The van der Waals surface area contributed by atoms with Crippen molar-refractivity contribution in [1.29, 1.82) is 0 Å². The molecule has 2 aliphatic heterocycles. The molecule has 146 valence electrons. The number of amides is 2. The first kappa shape index (κ1) is 20.1. The molecule has 6 nitrogen and oxygen atoms in total. The molecule has 2 aliphatic rings. The number of rotatable bonds is 6. The number of esters is 1. The van der Waals surface area contributed by atoms with Crippen LogP contribution < -0.4 is 0 Å². The molecular weight excluding hydrogens is 384 g/mol. The normalized spacial score (nSPS) is 22.1. The van der Waals surface area contributed by atoms with Crippen molar-refractivity contribution in [3.05, 3.63) is 35.9 Å². The summed E-state index contributed by atoms with van der Waals surface area (Å²) in [6, 6.07) is 9.05. The van der Waals surface area contributed by atoms with Crippen molar-refractivity contribution in [2.45, 2.75) is 31.3 Å². The molecular formula is C19H24N2O4S2. The van der Waals surface area contributed by atoms with Gasteiger partial charge in [0.25, 0.3) is 0 Å². The molecule has 3 rings (SSSR count). The summed E-state index contributed by atoms with van der Waals surface area (Å²) in [6.07, 6.45) is 2.03. The Balaban J connectivity index is 1.56. The molecule has 2 fully saturated rings. The number of carbonyl (C=O) groups is 3. The lowest BCUT2D eigenvalue weighted by atomic mass is 10.1. The third-order valence-electron chi connectivity index (χ3n) is 4.83. The largest absolute Gasteiger partial charge is 0.467 e. The van der Waals surface area contributed by atoms with Crippen LogP contribution in [0.25, 0.3) is 0 Å². The average molecular weight is 409 g/mol. The molecule has 0 spiro atoms. The first-order valence-corrected chi connectivity index (χ1v) is 11.3. The fourth-order valence-corrected chi connectivity index (χ4v) is 5.63. The molecule has 0 N–H and O–H groups in total.